The first-order chi connectivity index (χ1) is 8.61. The van der Waals surface area contributed by atoms with Gasteiger partial charge in [0.05, 0.1) is 19.7 Å². The van der Waals surface area contributed by atoms with Gasteiger partial charge in [-0.25, -0.2) is 4.79 Å². The molecule has 1 aromatic carbocycles. The van der Waals surface area contributed by atoms with E-state index in [2.05, 4.69) is 40.2 Å². The third-order valence-electron chi connectivity index (χ3n) is 3.04. The first-order valence-electron chi connectivity index (χ1n) is 5.80. The highest BCUT2D eigenvalue weighted by atomic mass is 16.5. The van der Waals surface area contributed by atoms with Crippen LogP contribution in [-0.4, -0.2) is 37.7 Å². The topological polar surface area (TPSA) is 53.9 Å². The molecule has 0 bridgehead atoms. The Kier molecular flexibility index (Phi) is 3.50. The maximum Gasteiger partial charge on any atom is 0.413 e. The van der Waals surface area contributed by atoms with Crippen LogP contribution in [-0.2, 0) is 4.74 Å². The molecule has 0 aromatic heterocycles. The summed E-state index contributed by atoms with van der Waals surface area (Å²) < 4.78 is 4.56. The lowest BCUT2D eigenvalue weighted by atomic mass is 10.0. The minimum Gasteiger partial charge on any atom is -0.453 e. The number of benzene rings is 1. The van der Waals surface area contributed by atoms with Crippen molar-refractivity contribution in [2.75, 3.05) is 20.7 Å². The Bertz CT molecular complexity index is 485. The third-order valence-corrected chi connectivity index (χ3v) is 3.04. The summed E-state index contributed by atoms with van der Waals surface area (Å²) in [6.45, 7) is 2.70. The van der Waals surface area contributed by atoms with Crippen LogP contribution in [0.25, 0.3) is 0 Å². The lowest BCUT2D eigenvalue weighted by Crippen LogP contribution is -2.40. The van der Waals surface area contributed by atoms with Crippen molar-refractivity contribution >= 4 is 12.1 Å². The smallest absolute Gasteiger partial charge is 0.413 e. The molecule has 2 rings (SSSR count). The summed E-state index contributed by atoms with van der Waals surface area (Å²) in [4.78, 5) is 17.4. The summed E-state index contributed by atoms with van der Waals surface area (Å²) in [7, 11) is 3.25. The van der Waals surface area contributed by atoms with Gasteiger partial charge in [-0.1, -0.05) is 29.8 Å². The van der Waals surface area contributed by atoms with Gasteiger partial charge < -0.3 is 9.64 Å². The van der Waals surface area contributed by atoms with Gasteiger partial charge in [-0.15, -0.1) is 0 Å². The number of nitrogens with one attached hydrogen (secondary N) is 1. The molecule has 96 valence electrons. The quantitative estimate of drug-likeness (QED) is 0.821. The molecule has 0 aliphatic carbocycles. The van der Waals surface area contributed by atoms with Crippen LogP contribution in [0.1, 0.15) is 17.2 Å². The summed E-state index contributed by atoms with van der Waals surface area (Å²) >= 11 is 0. The van der Waals surface area contributed by atoms with E-state index in [0.717, 1.165) is 0 Å². The highest BCUT2D eigenvalue weighted by Crippen LogP contribution is 2.24. The molecule has 1 aliphatic heterocycles. The van der Waals surface area contributed by atoms with Crippen molar-refractivity contribution in [3.8, 4) is 0 Å². The van der Waals surface area contributed by atoms with E-state index in [4.69, 9.17) is 0 Å². The number of likely N-dealkylation sites (N-methyl/N-ethyl adjacent to an activating group) is 1. The van der Waals surface area contributed by atoms with Crippen LogP contribution in [0, 0.1) is 6.92 Å². The molecule has 1 unspecified atom stereocenters. The van der Waals surface area contributed by atoms with Crippen molar-refractivity contribution in [1.29, 1.82) is 0 Å². The van der Waals surface area contributed by atoms with E-state index in [0.29, 0.717) is 12.5 Å². The molecular weight excluding hydrogens is 230 g/mol. The van der Waals surface area contributed by atoms with Gasteiger partial charge in [0.15, 0.2) is 0 Å². The molecule has 5 nitrogen and oxygen atoms in total. The lowest BCUT2D eigenvalue weighted by Gasteiger charge is -2.23. The molecule has 0 radical (unpaired) electrons. The standard InChI is InChI=1S/C13H17N3O2/c1-9-5-4-6-10(7-9)11-8-14-12(16(11)2)15-13(17)18-3/h4-7,11H,8H2,1-3H3,(H,14,15,17). The van der Waals surface area contributed by atoms with Crippen LogP contribution >= 0.6 is 0 Å². The number of aliphatic imine (C=N–C) groups is 1. The highest BCUT2D eigenvalue weighted by molar-refractivity contribution is 5.94. The van der Waals surface area contributed by atoms with E-state index in [9.17, 15) is 4.79 Å². The van der Waals surface area contributed by atoms with E-state index >= 15 is 0 Å². The van der Waals surface area contributed by atoms with Crippen molar-refractivity contribution in [3.05, 3.63) is 35.4 Å². The van der Waals surface area contributed by atoms with Crippen LogP contribution in [0.5, 0.6) is 0 Å². The molecule has 1 aliphatic rings. The number of alkyl carbamates (subject to hydrolysis) is 1. The Morgan fingerprint density at radius 3 is 3.00 bits per heavy atom. The number of ether oxygens (including phenoxy) is 1. The molecule has 1 atom stereocenters. The number of carbonyl (C=O) groups is 1. The Labute approximate surface area is 106 Å². The van der Waals surface area contributed by atoms with Crippen LogP contribution in [0.2, 0.25) is 0 Å². The third kappa shape index (κ3) is 2.45. The summed E-state index contributed by atoms with van der Waals surface area (Å²) in [6.07, 6.45) is -0.495. The van der Waals surface area contributed by atoms with Gasteiger partial charge in [-0.05, 0) is 12.5 Å². The SMILES string of the molecule is COC(=O)NC1=NCC(c2cccc(C)c2)N1C. The van der Waals surface area contributed by atoms with Gasteiger partial charge in [0.2, 0.25) is 5.96 Å². The number of amides is 1. The van der Waals surface area contributed by atoms with E-state index in [1.807, 2.05) is 18.0 Å². The van der Waals surface area contributed by atoms with Crippen molar-refractivity contribution in [2.24, 2.45) is 4.99 Å². The first-order valence-corrected chi connectivity index (χ1v) is 5.80. The van der Waals surface area contributed by atoms with E-state index in [1.165, 1.54) is 18.2 Å². The zero-order valence-electron chi connectivity index (χ0n) is 10.8. The predicted octanol–water partition coefficient (Wildman–Crippen LogP) is 1.69. The monoisotopic (exact) mass is 247 g/mol. The van der Waals surface area contributed by atoms with E-state index < -0.39 is 6.09 Å². The Hall–Kier alpha value is -2.04. The van der Waals surface area contributed by atoms with Gasteiger partial charge in [0.25, 0.3) is 0 Å². The van der Waals surface area contributed by atoms with Gasteiger partial charge in [-0.2, -0.15) is 0 Å². The Balaban J connectivity index is 2.10. The number of rotatable bonds is 1. The largest absolute Gasteiger partial charge is 0.453 e. The fourth-order valence-corrected chi connectivity index (χ4v) is 2.03. The molecule has 0 saturated carbocycles. The van der Waals surface area contributed by atoms with Crippen LogP contribution < -0.4 is 5.32 Å². The predicted molar refractivity (Wildman–Crippen MR) is 69.5 cm³/mol. The second-order valence-corrected chi connectivity index (χ2v) is 4.32. The van der Waals surface area contributed by atoms with Crippen molar-refractivity contribution in [3.63, 3.8) is 0 Å². The molecule has 0 fully saturated rings. The zero-order valence-corrected chi connectivity index (χ0v) is 10.8. The summed E-state index contributed by atoms with van der Waals surface area (Å²) in [5.74, 6) is 0.549. The highest BCUT2D eigenvalue weighted by Gasteiger charge is 2.27. The zero-order chi connectivity index (χ0) is 13.1. The molecule has 1 heterocycles. The van der Waals surface area contributed by atoms with Gasteiger partial charge in [0, 0.05) is 7.05 Å². The molecule has 1 aromatic rings. The maximum absolute atomic E-state index is 11.2. The number of hydrogen-bond donors (Lipinski definition) is 1. The number of methoxy groups -OCH3 is 1. The maximum atomic E-state index is 11.2. The number of nitrogens with zero attached hydrogens (tertiary/aromatic N) is 2. The molecular formula is C13H17N3O2. The molecule has 5 heteroatoms. The molecule has 1 N–H and O–H groups in total. The first kappa shape index (κ1) is 12.4. The normalized spacial score (nSPS) is 18.5. The minimum atomic E-state index is -0.495. The second kappa shape index (κ2) is 5.08. The lowest BCUT2D eigenvalue weighted by molar-refractivity contribution is 0.175. The molecule has 0 spiro atoms. The van der Waals surface area contributed by atoms with Crippen molar-refractivity contribution < 1.29 is 9.53 Å². The fraction of sp³-hybridized carbons (Fsp3) is 0.385. The van der Waals surface area contributed by atoms with Gasteiger partial charge in [-0.3, -0.25) is 10.3 Å². The average Bonchev–Trinajstić information content (AvgIpc) is 2.71. The van der Waals surface area contributed by atoms with Gasteiger partial charge in [0.1, 0.15) is 0 Å². The average molecular weight is 247 g/mol. The van der Waals surface area contributed by atoms with E-state index in [-0.39, 0.29) is 6.04 Å². The minimum absolute atomic E-state index is 0.164. The second-order valence-electron chi connectivity index (χ2n) is 4.32. The summed E-state index contributed by atoms with van der Waals surface area (Å²) in [5, 5.41) is 2.61. The molecule has 18 heavy (non-hydrogen) atoms. The molecule has 0 saturated heterocycles. The van der Waals surface area contributed by atoms with Crippen LogP contribution in [0.3, 0.4) is 0 Å². The number of guanidine groups is 1. The Morgan fingerprint density at radius 1 is 1.56 bits per heavy atom. The van der Waals surface area contributed by atoms with Crippen LogP contribution in [0.15, 0.2) is 29.3 Å². The molecule has 1 amide bonds. The fourth-order valence-electron chi connectivity index (χ4n) is 2.03. The van der Waals surface area contributed by atoms with E-state index in [1.54, 1.807) is 0 Å². The number of hydrogen-bond acceptors (Lipinski definition) is 4. The Morgan fingerprint density at radius 2 is 2.33 bits per heavy atom. The van der Waals surface area contributed by atoms with Gasteiger partial charge >= 0.3 is 6.09 Å². The van der Waals surface area contributed by atoms with Crippen molar-refractivity contribution in [2.45, 2.75) is 13.0 Å². The number of carbonyl (C=O) groups excluding carboxylic acids is 1. The van der Waals surface area contributed by atoms with Crippen molar-refractivity contribution in [1.82, 2.24) is 10.2 Å². The van der Waals surface area contributed by atoms with Crippen LogP contribution in [0.4, 0.5) is 4.79 Å². The summed E-state index contributed by atoms with van der Waals surface area (Å²) in [5.41, 5.74) is 2.41. The summed E-state index contributed by atoms with van der Waals surface area (Å²) in [6, 6.07) is 8.47. The number of aryl methyl sites for hydroxylation is 1.